The lowest BCUT2D eigenvalue weighted by molar-refractivity contribution is 0.500. The largest absolute Gasteiger partial charge is 0.312 e. The first-order chi connectivity index (χ1) is 7.74. The van der Waals surface area contributed by atoms with Gasteiger partial charge in [-0.1, -0.05) is 12.1 Å². The number of rotatable bonds is 6. The van der Waals surface area contributed by atoms with Crippen LogP contribution in [0.1, 0.15) is 25.3 Å². The van der Waals surface area contributed by atoms with E-state index < -0.39 is 0 Å². The maximum absolute atomic E-state index is 3.54. The number of hydrogen-bond acceptors (Lipinski definition) is 2. The Balaban J connectivity index is 1.67. The summed E-state index contributed by atoms with van der Waals surface area (Å²) in [7, 11) is 0. The molecule has 3 heteroatoms. The van der Waals surface area contributed by atoms with Gasteiger partial charge in [0.05, 0.1) is 0 Å². The molecule has 1 unspecified atom stereocenters. The second-order valence-electron chi connectivity index (χ2n) is 4.59. The third-order valence-electron chi connectivity index (χ3n) is 2.86. The fourth-order valence-electron chi connectivity index (χ4n) is 1.60. The fraction of sp³-hybridized carbons (Fsp3) is 0.538. The zero-order valence-electron chi connectivity index (χ0n) is 9.67. The Labute approximate surface area is 111 Å². The molecule has 2 nitrogen and oxygen atoms in total. The quantitative estimate of drug-likeness (QED) is 0.784. The minimum absolute atomic E-state index is 0.542. The highest BCUT2D eigenvalue weighted by Gasteiger charge is 2.20. The number of halogens is 1. The number of benzene rings is 1. The first-order valence-corrected chi connectivity index (χ1v) is 7.03. The van der Waals surface area contributed by atoms with E-state index >= 15 is 0 Å². The SMILES string of the molecule is CC(CNC1CC1)NCc1ccc(I)cc1. The molecule has 1 atom stereocenters. The molecular formula is C13H19IN2. The van der Waals surface area contributed by atoms with Crippen LogP contribution in [-0.2, 0) is 6.54 Å². The van der Waals surface area contributed by atoms with E-state index in [4.69, 9.17) is 0 Å². The summed E-state index contributed by atoms with van der Waals surface area (Å²) in [5.74, 6) is 0. The van der Waals surface area contributed by atoms with Crippen LogP contribution in [0.25, 0.3) is 0 Å². The molecule has 1 aromatic rings. The van der Waals surface area contributed by atoms with Gasteiger partial charge < -0.3 is 10.6 Å². The van der Waals surface area contributed by atoms with Crippen molar-refractivity contribution in [2.75, 3.05) is 6.54 Å². The van der Waals surface area contributed by atoms with Crippen molar-refractivity contribution in [3.05, 3.63) is 33.4 Å². The molecule has 16 heavy (non-hydrogen) atoms. The monoisotopic (exact) mass is 330 g/mol. The van der Waals surface area contributed by atoms with Crippen LogP contribution in [0.5, 0.6) is 0 Å². The van der Waals surface area contributed by atoms with E-state index in [0.717, 1.165) is 19.1 Å². The molecule has 0 saturated heterocycles. The van der Waals surface area contributed by atoms with Gasteiger partial charge in [0, 0.05) is 28.7 Å². The maximum Gasteiger partial charge on any atom is 0.0208 e. The standard InChI is InChI=1S/C13H19IN2/c1-10(8-16-13-6-7-13)15-9-11-2-4-12(14)5-3-11/h2-5,10,13,15-16H,6-9H2,1H3. The molecule has 0 radical (unpaired) electrons. The molecule has 2 rings (SSSR count). The molecule has 0 amide bonds. The Bertz CT molecular complexity index is 319. The molecule has 0 bridgehead atoms. The van der Waals surface area contributed by atoms with Crippen molar-refractivity contribution in [1.82, 2.24) is 10.6 Å². The minimum Gasteiger partial charge on any atom is -0.312 e. The van der Waals surface area contributed by atoms with Crippen LogP contribution in [0.15, 0.2) is 24.3 Å². The maximum atomic E-state index is 3.54. The summed E-state index contributed by atoms with van der Waals surface area (Å²) >= 11 is 2.34. The summed E-state index contributed by atoms with van der Waals surface area (Å²) in [6, 6.07) is 10.0. The lowest BCUT2D eigenvalue weighted by atomic mass is 10.2. The van der Waals surface area contributed by atoms with E-state index in [2.05, 4.69) is 64.4 Å². The highest BCUT2D eigenvalue weighted by atomic mass is 127. The van der Waals surface area contributed by atoms with E-state index in [-0.39, 0.29) is 0 Å². The first kappa shape index (κ1) is 12.3. The van der Waals surface area contributed by atoms with E-state index in [1.54, 1.807) is 0 Å². The average molecular weight is 330 g/mol. The van der Waals surface area contributed by atoms with Crippen molar-refractivity contribution in [3.8, 4) is 0 Å². The van der Waals surface area contributed by atoms with Gasteiger partial charge in [0.15, 0.2) is 0 Å². The second kappa shape index (κ2) is 5.98. The topological polar surface area (TPSA) is 24.1 Å². The van der Waals surface area contributed by atoms with Crippen molar-refractivity contribution in [2.24, 2.45) is 0 Å². The molecule has 0 aliphatic heterocycles. The Morgan fingerprint density at radius 2 is 2.00 bits per heavy atom. The molecule has 1 aliphatic rings. The van der Waals surface area contributed by atoms with Crippen molar-refractivity contribution in [2.45, 2.75) is 38.4 Å². The van der Waals surface area contributed by atoms with E-state index in [9.17, 15) is 0 Å². The molecule has 0 spiro atoms. The van der Waals surface area contributed by atoms with Gasteiger partial charge in [-0.3, -0.25) is 0 Å². The number of nitrogens with one attached hydrogen (secondary N) is 2. The third kappa shape index (κ3) is 4.39. The highest BCUT2D eigenvalue weighted by molar-refractivity contribution is 14.1. The summed E-state index contributed by atoms with van der Waals surface area (Å²) in [4.78, 5) is 0. The predicted octanol–water partition coefficient (Wildman–Crippen LogP) is 2.52. The van der Waals surface area contributed by atoms with E-state index in [1.807, 2.05) is 0 Å². The van der Waals surface area contributed by atoms with E-state index in [0.29, 0.717) is 6.04 Å². The van der Waals surface area contributed by atoms with Gasteiger partial charge in [-0.2, -0.15) is 0 Å². The normalized spacial score (nSPS) is 17.4. The zero-order valence-corrected chi connectivity index (χ0v) is 11.8. The summed E-state index contributed by atoms with van der Waals surface area (Å²) < 4.78 is 1.30. The lowest BCUT2D eigenvalue weighted by Gasteiger charge is -2.14. The summed E-state index contributed by atoms with van der Waals surface area (Å²) in [6.45, 7) is 4.28. The van der Waals surface area contributed by atoms with Gasteiger partial charge in [-0.15, -0.1) is 0 Å². The fourth-order valence-corrected chi connectivity index (χ4v) is 1.96. The Morgan fingerprint density at radius 3 is 2.62 bits per heavy atom. The lowest BCUT2D eigenvalue weighted by Crippen LogP contribution is -2.36. The van der Waals surface area contributed by atoms with Gasteiger partial charge >= 0.3 is 0 Å². The Morgan fingerprint density at radius 1 is 1.31 bits per heavy atom. The van der Waals surface area contributed by atoms with Gasteiger partial charge in [0.25, 0.3) is 0 Å². The van der Waals surface area contributed by atoms with Gasteiger partial charge in [-0.05, 0) is 60.1 Å². The Hall–Kier alpha value is -0.130. The smallest absolute Gasteiger partial charge is 0.0208 e. The van der Waals surface area contributed by atoms with Crippen molar-refractivity contribution >= 4 is 22.6 Å². The summed E-state index contributed by atoms with van der Waals surface area (Å²) in [5.41, 5.74) is 1.36. The molecule has 2 N–H and O–H groups in total. The van der Waals surface area contributed by atoms with Crippen molar-refractivity contribution in [1.29, 1.82) is 0 Å². The van der Waals surface area contributed by atoms with Crippen LogP contribution >= 0.6 is 22.6 Å². The molecule has 1 aliphatic carbocycles. The van der Waals surface area contributed by atoms with Crippen molar-refractivity contribution in [3.63, 3.8) is 0 Å². The predicted molar refractivity (Wildman–Crippen MR) is 76.5 cm³/mol. The molecule has 0 heterocycles. The second-order valence-corrected chi connectivity index (χ2v) is 5.84. The van der Waals surface area contributed by atoms with Crippen LogP contribution in [0.2, 0.25) is 0 Å². The molecule has 1 fully saturated rings. The van der Waals surface area contributed by atoms with Crippen LogP contribution < -0.4 is 10.6 Å². The highest BCUT2D eigenvalue weighted by Crippen LogP contribution is 2.18. The van der Waals surface area contributed by atoms with Crippen LogP contribution in [0.4, 0.5) is 0 Å². The van der Waals surface area contributed by atoms with Crippen LogP contribution in [0, 0.1) is 3.57 Å². The van der Waals surface area contributed by atoms with Gasteiger partial charge in [0.2, 0.25) is 0 Å². The molecule has 0 aromatic heterocycles. The number of hydrogen-bond donors (Lipinski definition) is 2. The molecular weight excluding hydrogens is 311 g/mol. The molecule has 1 saturated carbocycles. The van der Waals surface area contributed by atoms with Crippen molar-refractivity contribution < 1.29 is 0 Å². The average Bonchev–Trinajstić information content (AvgIpc) is 3.09. The third-order valence-corrected chi connectivity index (χ3v) is 3.58. The zero-order chi connectivity index (χ0) is 11.4. The summed E-state index contributed by atoms with van der Waals surface area (Å²) in [5, 5.41) is 7.07. The Kier molecular flexibility index (Phi) is 4.61. The van der Waals surface area contributed by atoms with Gasteiger partial charge in [0.1, 0.15) is 0 Å². The summed E-state index contributed by atoms with van der Waals surface area (Å²) in [6.07, 6.45) is 2.73. The van der Waals surface area contributed by atoms with Crippen LogP contribution in [-0.4, -0.2) is 18.6 Å². The molecule has 1 aromatic carbocycles. The molecule has 88 valence electrons. The van der Waals surface area contributed by atoms with Gasteiger partial charge in [-0.25, -0.2) is 0 Å². The van der Waals surface area contributed by atoms with E-state index in [1.165, 1.54) is 22.0 Å². The minimum atomic E-state index is 0.542. The first-order valence-electron chi connectivity index (χ1n) is 5.95. The van der Waals surface area contributed by atoms with Crippen LogP contribution in [0.3, 0.4) is 0 Å².